The average molecular weight is 392 g/mol. The maximum Gasteiger partial charge on any atom is 0.191 e. The van der Waals surface area contributed by atoms with Crippen LogP contribution in [0, 0.1) is 0 Å². The molecule has 0 aliphatic heterocycles. The van der Waals surface area contributed by atoms with Crippen molar-refractivity contribution in [2.75, 3.05) is 32.8 Å². The molecule has 0 amide bonds. The van der Waals surface area contributed by atoms with E-state index in [4.69, 9.17) is 9.47 Å². The molecule has 0 radical (unpaired) electrons. The molecule has 1 aliphatic carbocycles. The summed E-state index contributed by atoms with van der Waals surface area (Å²) in [7, 11) is 0. The fourth-order valence-electron chi connectivity index (χ4n) is 3.24. The van der Waals surface area contributed by atoms with Crippen LogP contribution >= 0.6 is 0 Å². The average Bonchev–Trinajstić information content (AvgIpc) is 2.73. The second-order valence-corrected chi connectivity index (χ2v) is 7.29. The standard InChI is InChI=1S/C22H37N3O3/c1-2-23-22(24-14-9-15-28-21-12-7-4-8-13-21)25-16-20(26)18-27-17-19-10-5-3-6-11-19/h3,5-6,10-11,20-21,26H,2,4,7-9,12-18H2,1H3,(H2,23,24,25). The van der Waals surface area contributed by atoms with Crippen molar-refractivity contribution in [2.24, 2.45) is 4.99 Å². The van der Waals surface area contributed by atoms with Gasteiger partial charge in [-0.2, -0.15) is 0 Å². The number of guanidine groups is 1. The highest BCUT2D eigenvalue weighted by atomic mass is 16.5. The molecule has 1 saturated carbocycles. The largest absolute Gasteiger partial charge is 0.389 e. The van der Waals surface area contributed by atoms with Crippen molar-refractivity contribution in [3.8, 4) is 0 Å². The van der Waals surface area contributed by atoms with Crippen LogP contribution in [0.5, 0.6) is 0 Å². The minimum absolute atomic E-state index is 0.271. The topological polar surface area (TPSA) is 75.1 Å². The quantitative estimate of drug-likeness (QED) is 0.290. The highest BCUT2D eigenvalue weighted by Gasteiger charge is 2.13. The van der Waals surface area contributed by atoms with Crippen molar-refractivity contribution >= 4 is 5.96 Å². The van der Waals surface area contributed by atoms with Gasteiger partial charge in [-0.3, -0.25) is 4.99 Å². The van der Waals surface area contributed by atoms with E-state index < -0.39 is 6.10 Å². The number of nitrogens with zero attached hydrogens (tertiary/aromatic N) is 1. The van der Waals surface area contributed by atoms with Crippen molar-refractivity contribution < 1.29 is 14.6 Å². The minimum atomic E-state index is -0.617. The van der Waals surface area contributed by atoms with Gasteiger partial charge in [-0.15, -0.1) is 0 Å². The molecule has 6 nitrogen and oxygen atoms in total. The number of ether oxygens (including phenoxy) is 2. The van der Waals surface area contributed by atoms with Gasteiger partial charge in [0.05, 0.1) is 32.0 Å². The van der Waals surface area contributed by atoms with Gasteiger partial charge in [0.15, 0.2) is 5.96 Å². The molecule has 1 aliphatic rings. The lowest BCUT2D eigenvalue weighted by atomic mass is 9.98. The summed E-state index contributed by atoms with van der Waals surface area (Å²) >= 11 is 0. The summed E-state index contributed by atoms with van der Waals surface area (Å²) in [5, 5.41) is 16.6. The third kappa shape index (κ3) is 10.1. The van der Waals surface area contributed by atoms with E-state index in [-0.39, 0.29) is 6.61 Å². The molecule has 3 N–H and O–H groups in total. The lowest BCUT2D eigenvalue weighted by Crippen LogP contribution is -2.39. The number of nitrogens with one attached hydrogen (secondary N) is 2. The van der Waals surface area contributed by atoms with Crippen LogP contribution in [0.4, 0.5) is 0 Å². The Kier molecular flexibility index (Phi) is 11.6. The van der Waals surface area contributed by atoms with E-state index in [9.17, 15) is 5.11 Å². The van der Waals surface area contributed by atoms with Gasteiger partial charge in [0, 0.05) is 19.7 Å². The first kappa shape index (κ1) is 22.7. The molecule has 28 heavy (non-hydrogen) atoms. The molecule has 1 fully saturated rings. The molecule has 1 aromatic rings. The van der Waals surface area contributed by atoms with E-state index in [1.54, 1.807) is 0 Å². The number of aliphatic hydroxyl groups is 1. The Hall–Kier alpha value is -1.63. The van der Waals surface area contributed by atoms with Crippen LogP contribution in [0.3, 0.4) is 0 Å². The fraction of sp³-hybridized carbons (Fsp3) is 0.682. The van der Waals surface area contributed by atoms with Crippen molar-refractivity contribution in [2.45, 2.75) is 64.3 Å². The smallest absolute Gasteiger partial charge is 0.191 e. The zero-order valence-corrected chi connectivity index (χ0v) is 17.2. The van der Waals surface area contributed by atoms with Gasteiger partial charge in [0.2, 0.25) is 0 Å². The summed E-state index contributed by atoms with van der Waals surface area (Å²) in [5.74, 6) is 0.724. The summed E-state index contributed by atoms with van der Waals surface area (Å²) < 4.78 is 11.5. The lowest BCUT2D eigenvalue weighted by Gasteiger charge is -2.22. The first-order valence-electron chi connectivity index (χ1n) is 10.7. The van der Waals surface area contributed by atoms with E-state index in [1.165, 1.54) is 32.1 Å². The third-order valence-corrected chi connectivity index (χ3v) is 4.75. The Bertz CT molecular complexity index is 533. The van der Waals surface area contributed by atoms with E-state index in [0.29, 0.717) is 19.3 Å². The zero-order valence-electron chi connectivity index (χ0n) is 17.2. The number of benzene rings is 1. The zero-order chi connectivity index (χ0) is 19.9. The van der Waals surface area contributed by atoms with Gasteiger partial charge >= 0.3 is 0 Å². The molecule has 6 heteroatoms. The second kappa shape index (κ2) is 14.4. The van der Waals surface area contributed by atoms with Crippen LogP contribution in [0.15, 0.2) is 35.3 Å². The van der Waals surface area contributed by atoms with Crippen molar-refractivity contribution in [1.29, 1.82) is 0 Å². The molecule has 1 atom stereocenters. The van der Waals surface area contributed by atoms with E-state index in [1.807, 2.05) is 37.3 Å². The molecule has 2 rings (SSSR count). The SMILES string of the molecule is CCNC(=NCC(O)COCc1ccccc1)NCCCOC1CCCCC1. The Balaban J connectivity index is 1.57. The number of hydrogen-bond donors (Lipinski definition) is 3. The normalized spacial score (nSPS) is 16.7. The van der Waals surface area contributed by atoms with Crippen molar-refractivity contribution in [3.05, 3.63) is 35.9 Å². The van der Waals surface area contributed by atoms with Crippen LogP contribution < -0.4 is 10.6 Å². The third-order valence-electron chi connectivity index (χ3n) is 4.75. The maximum absolute atomic E-state index is 10.1. The highest BCUT2D eigenvalue weighted by molar-refractivity contribution is 5.79. The van der Waals surface area contributed by atoms with Gasteiger partial charge in [-0.05, 0) is 31.7 Å². The minimum Gasteiger partial charge on any atom is -0.389 e. The molecule has 1 unspecified atom stereocenters. The van der Waals surface area contributed by atoms with Gasteiger partial charge in [-0.25, -0.2) is 0 Å². The summed E-state index contributed by atoms with van der Waals surface area (Å²) in [6, 6.07) is 9.96. The van der Waals surface area contributed by atoms with Gasteiger partial charge in [0.1, 0.15) is 0 Å². The van der Waals surface area contributed by atoms with Crippen LogP contribution in [0.25, 0.3) is 0 Å². The van der Waals surface area contributed by atoms with Crippen molar-refractivity contribution in [3.63, 3.8) is 0 Å². The van der Waals surface area contributed by atoms with Gasteiger partial charge in [-0.1, -0.05) is 49.6 Å². The van der Waals surface area contributed by atoms with E-state index >= 15 is 0 Å². The van der Waals surface area contributed by atoms with Crippen LogP contribution in [0.1, 0.15) is 51.0 Å². The molecular formula is C22H37N3O3. The molecule has 0 aromatic heterocycles. The monoisotopic (exact) mass is 391 g/mol. The Morgan fingerprint density at radius 2 is 1.96 bits per heavy atom. The first-order valence-corrected chi connectivity index (χ1v) is 10.7. The number of aliphatic hydroxyl groups excluding tert-OH is 1. The van der Waals surface area contributed by atoms with E-state index in [0.717, 1.165) is 37.6 Å². The highest BCUT2D eigenvalue weighted by Crippen LogP contribution is 2.20. The number of hydrogen-bond acceptors (Lipinski definition) is 4. The summed E-state index contributed by atoms with van der Waals surface area (Å²) in [6.07, 6.45) is 7.17. The van der Waals surface area contributed by atoms with E-state index in [2.05, 4.69) is 15.6 Å². The molecule has 0 saturated heterocycles. The first-order chi connectivity index (χ1) is 13.8. The van der Waals surface area contributed by atoms with Gasteiger partial charge < -0.3 is 25.2 Å². The molecule has 0 spiro atoms. The Labute approximate surface area is 169 Å². The lowest BCUT2D eigenvalue weighted by molar-refractivity contribution is 0.0276. The molecule has 0 heterocycles. The van der Waals surface area contributed by atoms with Crippen LogP contribution in [-0.4, -0.2) is 56.1 Å². The van der Waals surface area contributed by atoms with Gasteiger partial charge in [0.25, 0.3) is 0 Å². The fourth-order valence-corrected chi connectivity index (χ4v) is 3.24. The summed E-state index contributed by atoms with van der Waals surface area (Å²) in [5.41, 5.74) is 1.10. The molecular weight excluding hydrogens is 354 g/mol. The molecule has 158 valence electrons. The predicted octanol–water partition coefficient (Wildman–Crippen LogP) is 2.86. The second-order valence-electron chi connectivity index (χ2n) is 7.29. The van der Waals surface area contributed by atoms with Crippen LogP contribution in [-0.2, 0) is 16.1 Å². The maximum atomic E-state index is 10.1. The summed E-state index contributed by atoms with van der Waals surface area (Å²) in [4.78, 5) is 4.45. The predicted molar refractivity (Wildman–Crippen MR) is 114 cm³/mol. The molecule has 0 bridgehead atoms. The Morgan fingerprint density at radius 1 is 1.18 bits per heavy atom. The Morgan fingerprint density at radius 3 is 2.71 bits per heavy atom. The van der Waals surface area contributed by atoms with Crippen molar-refractivity contribution in [1.82, 2.24) is 10.6 Å². The summed E-state index contributed by atoms with van der Waals surface area (Å²) in [6.45, 7) is 5.48. The number of rotatable bonds is 12. The molecule has 1 aromatic carbocycles. The number of aliphatic imine (C=N–C) groups is 1. The van der Waals surface area contributed by atoms with Crippen LogP contribution in [0.2, 0.25) is 0 Å².